The number of ether oxygens (including phenoxy) is 1. The fraction of sp³-hybridized carbons (Fsp3) is 0.571. The van der Waals surface area contributed by atoms with E-state index in [2.05, 4.69) is 0 Å². The summed E-state index contributed by atoms with van der Waals surface area (Å²) in [7, 11) is 0. The lowest BCUT2D eigenvalue weighted by Crippen LogP contribution is -2.14. The van der Waals surface area contributed by atoms with Crippen LogP contribution in [-0.2, 0) is 11.2 Å². The Labute approximate surface area is 108 Å². The van der Waals surface area contributed by atoms with Crippen LogP contribution in [0.1, 0.15) is 31.2 Å². The molecule has 0 aromatic heterocycles. The maximum Gasteiger partial charge on any atom is 0.0581 e. The van der Waals surface area contributed by atoms with Crippen LogP contribution in [0.5, 0.6) is 0 Å². The quantitative estimate of drug-likeness (QED) is 0.874. The molecule has 94 valence electrons. The zero-order valence-corrected chi connectivity index (χ0v) is 10.7. The van der Waals surface area contributed by atoms with Crippen LogP contribution in [0.25, 0.3) is 0 Å². The molecule has 1 aliphatic rings. The van der Waals surface area contributed by atoms with Crippen LogP contribution in [0.2, 0.25) is 5.02 Å². The van der Waals surface area contributed by atoms with Crippen LogP contribution in [-0.4, -0.2) is 23.9 Å². The predicted molar refractivity (Wildman–Crippen MR) is 69.4 cm³/mol. The number of aliphatic hydroxyl groups is 1. The molecule has 2 rings (SSSR count). The van der Waals surface area contributed by atoms with Gasteiger partial charge < -0.3 is 9.84 Å². The SMILES string of the molecule is OC(CCC1CCCO1)Cc1cccc(Cl)c1. The number of benzene rings is 1. The molecule has 2 unspecified atom stereocenters. The van der Waals surface area contributed by atoms with Gasteiger partial charge in [0.25, 0.3) is 0 Å². The van der Waals surface area contributed by atoms with Crippen molar-refractivity contribution in [3.63, 3.8) is 0 Å². The summed E-state index contributed by atoms with van der Waals surface area (Å²) in [5.74, 6) is 0. The Balaban J connectivity index is 1.74. The van der Waals surface area contributed by atoms with Gasteiger partial charge in [-0.3, -0.25) is 0 Å². The third-order valence-corrected chi connectivity index (χ3v) is 3.44. The second-order valence-corrected chi connectivity index (χ2v) is 5.14. The Morgan fingerprint density at radius 3 is 3.06 bits per heavy atom. The number of hydrogen-bond donors (Lipinski definition) is 1. The van der Waals surface area contributed by atoms with Crippen molar-refractivity contribution in [2.24, 2.45) is 0 Å². The largest absolute Gasteiger partial charge is 0.393 e. The summed E-state index contributed by atoms with van der Waals surface area (Å²) in [5.41, 5.74) is 1.09. The van der Waals surface area contributed by atoms with Gasteiger partial charge in [-0.05, 0) is 49.8 Å². The lowest BCUT2D eigenvalue weighted by molar-refractivity contribution is 0.0813. The van der Waals surface area contributed by atoms with Crippen LogP contribution < -0.4 is 0 Å². The van der Waals surface area contributed by atoms with Crippen LogP contribution in [0, 0.1) is 0 Å². The highest BCUT2D eigenvalue weighted by molar-refractivity contribution is 6.30. The first-order valence-corrected chi connectivity index (χ1v) is 6.66. The van der Waals surface area contributed by atoms with Gasteiger partial charge in [0, 0.05) is 11.6 Å². The summed E-state index contributed by atoms with van der Waals surface area (Å²) in [6, 6.07) is 7.69. The van der Waals surface area contributed by atoms with Gasteiger partial charge in [0.05, 0.1) is 12.2 Å². The smallest absolute Gasteiger partial charge is 0.0581 e. The van der Waals surface area contributed by atoms with Crippen molar-refractivity contribution in [2.45, 2.75) is 44.3 Å². The lowest BCUT2D eigenvalue weighted by atomic mass is 10.0. The molecule has 0 aliphatic carbocycles. The molecule has 2 atom stereocenters. The van der Waals surface area contributed by atoms with Crippen molar-refractivity contribution in [1.82, 2.24) is 0 Å². The van der Waals surface area contributed by atoms with E-state index >= 15 is 0 Å². The number of rotatable bonds is 5. The van der Waals surface area contributed by atoms with Crippen LogP contribution >= 0.6 is 11.6 Å². The molecular weight excluding hydrogens is 236 g/mol. The lowest BCUT2D eigenvalue weighted by Gasteiger charge is -2.14. The molecule has 2 nitrogen and oxygen atoms in total. The highest BCUT2D eigenvalue weighted by atomic mass is 35.5. The van der Waals surface area contributed by atoms with Gasteiger partial charge in [0.15, 0.2) is 0 Å². The van der Waals surface area contributed by atoms with Crippen LogP contribution in [0.3, 0.4) is 0 Å². The molecule has 1 fully saturated rings. The molecule has 1 N–H and O–H groups in total. The minimum atomic E-state index is -0.294. The maximum absolute atomic E-state index is 9.96. The second kappa shape index (κ2) is 6.39. The highest BCUT2D eigenvalue weighted by Gasteiger charge is 2.17. The van der Waals surface area contributed by atoms with Crippen molar-refractivity contribution in [3.8, 4) is 0 Å². The van der Waals surface area contributed by atoms with Crippen molar-refractivity contribution in [1.29, 1.82) is 0 Å². The van der Waals surface area contributed by atoms with Crippen LogP contribution in [0.15, 0.2) is 24.3 Å². The summed E-state index contributed by atoms with van der Waals surface area (Å²) in [6.07, 6.45) is 4.81. The predicted octanol–water partition coefficient (Wildman–Crippen LogP) is 3.20. The van der Waals surface area contributed by atoms with E-state index in [4.69, 9.17) is 16.3 Å². The molecule has 17 heavy (non-hydrogen) atoms. The topological polar surface area (TPSA) is 29.5 Å². The molecule has 0 radical (unpaired) electrons. The molecular formula is C14H19ClO2. The number of hydrogen-bond acceptors (Lipinski definition) is 2. The van der Waals surface area contributed by atoms with Crippen molar-refractivity contribution < 1.29 is 9.84 Å². The first-order chi connectivity index (χ1) is 8.24. The summed E-state index contributed by atoms with van der Waals surface area (Å²) in [5, 5.41) is 10.7. The maximum atomic E-state index is 9.96. The molecule has 0 bridgehead atoms. The summed E-state index contributed by atoms with van der Waals surface area (Å²) < 4.78 is 5.54. The summed E-state index contributed by atoms with van der Waals surface area (Å²) in [4.78, 5) is 0. The van der Waals surface area contributed by atoms with E-state index < -0.39 is 0 Å². The highest BCUT2D eigenvalue weighted by Crippen LogP contribution is 2.19. The normalized spacial score (nSPS) is 21.6. The van der Waals surface area contributed by atoms with E-state index in [9.17, 15) is 5.11 Å². The average Bonchev–Trinajstić information content (AvgIpc) is 2.79. The standard InChI is InChI=1S/C14H19ClO2/c15-12-4-1-3-11(9-12)10-13(16)6-7-14-5-2-8-17-14/h1,3-4,9,13-14,16H,2,5-8,10H2. The Hall–Kier alpha value is -0.570. The molecule has 0 amide bonds. The van der Waals surface area contributed by atoms with E-state index in [1.165, 1.54) is 0 Å². The molecule has 3 heteroatoms. The van der Waals surface area contributed by atoms with Gasteiger partial charge in [-0.25, -0.2) is 0 Å². The van der Waals surface area contributed by atoms with E-state index in [1.807, 2.05) is 24.3 Å². The molecule has 1 aromatic carbocycles. The van der Waals surface area contributed by atoms with Gasteiger partial charge in [0.1, 0.15) is 0 Å². The molecule has 1 aromatic rings. The number of halogens is 1. The van der Waals surface area contributed by atoms with Crippen molar-refractivity contribution in [3.05, 3.63) is 34.9 Å². The van der Waals surface area contributed by atoms with Crippen molar-refractivity contribution >= 4 is 11.6 Å². The second-order valence-electron chi connectivity index (χ2n) is 4.70. The zero-order valence-electron chi connectivity index (χ0n) is 9.94. The monoisotopic (exact) mass is 254 g/mol. The average molecular weight is 255 g/mol. The molecule has 1 aliphatic heterocycles. The van der Waals surface area contributed by atoms with Gasteiger partial charge in [-0.1, -0.05) is 23.7 Å². The van der Waals surface area contributed by atoms with Gasteiger partial charge in [-0.2, -0.15) is 0 Å². The third-order valence-electron chi connectivity index (χ3n) is 3.21. The Morgan fingerprint density at radius 1 is 1.47 bits per heavy atom. The molecule has 0 saturated carbocycles. The molecule has 0 spiro atoms. The van der Waals surface area contributed by atoms with E-state index in [-0.39, 0.29) is 6.10 Å². The third kappa shape index (κ3) is 4.30. The van der Waals surface area contributed by atoms with Gasteiger partial charge in [0.2, 0.25) is 0 Å². The van der Waals surface area contributed by atoms with E-state index in [0.717, 1.165) is 42.9 Å². The van der Waals surface area contributed by atoms with E-state index in [0.29, 0.717) is 12.5 Å². The minimum Gasteiger partial charge on any atom is -0.393 e. The van der Waals surface area contributed by atoms with Gasteiger partial charge >= 0.3 is 0 Å². The van der Waals surface area contributed by atoms with Gasteiger partial charge in [-0.15, -0.1) is 0 Å². The zero-order chi connectivity index (χ0) is 12.1. The van der Waals surface area contributed by atoms with Crippen molar-refractivity contribution in [2.75, 3.05) is 6.61 Å². The Bertz CT molecular complexity index is 348. The minimum absolute atomic E-state index is 0.294. The first kappa shape index (κ1) is 12.9. The summed E-state index contributed by atoms with van der Waals surface area (Å²) in [6.45, 7) is 0.884. The van der Waals surface area contributed by atoms with E-state index in [1.54, 1.807) is 0 Å². The summed E-state index contributed by atoms with van der Waals surface area (Å²) >= 11 is 5.91. The Morgan fingerprint density at radius 2 is 2.35 bits per heavy atom. The Kier molecular flexibility index (Phi) is 4.84. The fourth-order valence-corrected chi connectivity index (χ4v) is 2.50. The molecule has 1 saturated heterocycles. The molecule has 1 heterocycles. The first-order valence-electron chi connectivity index (χ1n) is 6.28. The van der Waals surface area contributed by atoms with Crippen LogP contribution in [0.4, 0.5) is 0 Å². The fourth-order valence-electron chi connectivity index (χ4n) is 2.29. The number of aliphatic hydroxyl groups excluding tert-OH is 1.